The van der Waals surface area contributed by atoms with Crippen LogP contribution in [0.4, 0.5) is 4.79 Å². The number of carboxylic acids is 1. The highest BCUT2D eigenvalue weighted by Crippen LogP contribution is 2.65. The van der Waals surface area contributed by atoms with E-state index < -0.39 is 36.7 Å². The molecule has 4 bridgehead atoms. The van der Waals surface area contributed by atoms with E-state index in [1.54, 1.807) is 0 Å². The molecule has 8 heteroatoms. The molecular formula is C45H50NO6P. The fraction of sp³-hybridized carbons (Fsp3) is 0.422. The first-order valence-corrected chi connectivity index (χ1v) is 21.4. The first-order chi connectivity index (χ1) is 25.8. The molecule has 5 aliphatic rings. The maximum absolute atomic E-state index is 15.9. The van der Waals surface area contributed by atoms with Crippen molar-refractivity contribution in [3.05, 3.63) is 131 Å². The largest absolute Gasteiger partial charge is 0.481 e. The first kappa shape index (κ1) is 35.8. The summed E-state index contributed by atoms with van der Waals surface area (Å²) in [7, 11) is -3.87. The van der Waals surface area contributed by atoms with Gasteiger partial charge in [-0.2, -0.15) is 0 Å². The molecule has 4 aromatic carbocycles. The van der Waals surface area contributed by atoms with Crippen LogP contribution in [0.5, 0.6) is 0 Å². The van der Waals surface area contributed by atoms with E-state index in [9.17, 15) is 14.7 Å². The van der Waals surface area contributed by atoms with Crippen LogP contribution in [0.1, 0.15) is 79.5 Å². The molecule has 9 rings (SSSR count). The highest BCUT2D eigenvalue weighted by molar-refractivity contribution is 7.59. The second-order valence-electron chi connectivity index (χ2n) is 16.2. The molecule has 5 aliphatic carbocycles. The number of aryl methyl sites for hydroxylation is 1. The van der Waals surface area contributed by atoms with E-state index in [1.165, 1.54) is 19.3 Å². The lowest BCUT2D eigenvalue weighted by Crippen LogP contribution is -2.52. The zero-order valence-electron chi connectivity index (χ0n) is 30.3. The predicted molar refractivity (Wildman–Crippen MR) is 207 cm³/mol. The van der Waals surface area contributed by atoms with Crippen molar-refractivity contribution in [3.63, 3.8) is 0 Å². The van der Waals surface area contributed by atoms with Crippen LogP contribution < -0.4 is 5.32 Å². The number of alkyl carbamates (subject to hydrolysis) is 1. The van der Waals surface area contributed by atoms with Gasteiger partial charge in [-0.15, -0.1) is 0 Å². The topological polar surface area (TPSA) is 102 Å². The lowest BCUT2D eigenvalue weighted by atomic mass is 9.54. The van der Waals surface area contributed by atoms with Gasteiger partial charge in [0.25, 0.3) is 0 Å². The fourth-order valence-electron chi connectivity index (χ4n) is 10.4. The lowest BCUT2D eigenvalue weighted by Gasteiger charge is -2.57. The number of aliphatic carboxylic acids is 1. The normalized spacial score (nSPS) is 24.8. The van der Waals surface area contributed by atoms with Gasteiger partial charge in [0.15, 0.2) is 0 Å². The molecule has 1 amide bonds. The van der Waals surface area contributed by atoms with Crippen LogP contribution in [-0.4, -0.2) is 41.3 Å². The lowest BCUT2D eigenvalue weighted by molar-refractivity contribution is -0.141. The summed E-state index contributed by atoms with van der Waals surface area (Å²) in [6.07, 6.45) is 7.27. The number of carbonyl (C=O) groups is 2. The van der Waals surface area contributed by atoms with E-state index in [0.717, 1.165) is 59.1 Å². The van der Waals surface area contributed by atoms with Gasteiger partial charge >= 0.3 is 12.1 Å². The smallest absolute Gasteiger partial charge is 0.407 e. The number of benzene rings is 4. The van der Waals surface area contributed by atoms with Gasteiger partial charge < -0.3 is 19.7 Å². The highest BCUT2D eigenvalue weighted by atomic mass is 31.2. The molecule has 0 spiro atoms. The van der Waals surface area contributed by atoms with Crippen molar-refractivity contribution in [3.8, 4) is 11.1 Å². The molecule has 53 heavy (non-hydrogen) atoms. The summed E-state index contributed by atoms with van der Waals surface area (Å²) in [5.74, 6) is -1.33. The molecule has 2 N–H and O–H groups in total. The average molecular weight is 732 g/mol. The van der Waals surface area contributed by atoms with Gasteiger partial charge in [0.1, 0.15) is 12.4 Å². The van der Waals surface area contributed by atoms with Gasteiger partial charge in [0.05, 0.1) is 11.5 Å². The van der Waals surface area contributed by atoms with Gasteiger partial charge in [0.2, 0.25) is 7.37 Å². The van der Waals surface area contributed by atoms with E-state index in [-0.39, 0.29) is 25.1 Å². The van der Waals surface area contributed by atoms with Gasteiger partial charge in [-0.1, -0.05) is 109 Å². The Morgan fingerprint density at radius 1 is 0.755 bits per heavy atom. The molecule has 3 atom stereocenters. The minimum Gasteiger partial charge on any atom is -0.481 e. The van der Waals surface area contributed by atoms with Crippen LogP contribution in [0.25, 0.3) is 11.1 Å². The molecule has 276 valence electrons. The van der Waals surface area contributed by atoms with Gasteiger partial charge in [-0.25, -0.2) is 4.79 Å². The summed E-state index contributed by atoms with van der Waals surface area (Å²) >= 11 is 0. The Morgan fingerprint density at radius 3 is 1.85 bits per heavy atom. The highest BCUT2D eigenvalue weighted by Gasteiger charge is 2.56. The third-order valence-corrected chi connectivity index (χ3v) is 15.3. The Labute approximate surface area is 313 Å². The minimum atomic E-state index is -3.87. The van der Waals surface area contributed by atoms with Crippen molar-refractivity contribution >= 4 is 19.4 Å². The number of ether oxygens (including phenoxy) is 1. The molecule has 0 aliphatic heterocycles. The molecule has 3 unspecified atom stereocenters. The number of carbonyl (C=O) groups excluding carboxylic acids is 1. The number of fused-ring (bicyclic) bond motifs is 3. The summed E-state index contributed by atoms with van der Waals surface area (Å²) in [6, 6.07) is 36.1. The summed E-state index contributed by atoms with van der Waals surface area (Å²) in [5.41, 5.74) is 5.97. The fourth-order valence-corrected chi connectivity index (χ4v) is 13.5. The van der Waals surface area contributed by atoms with Crippen LogP contribution in [0, 0.1) is 23.7 Å². The Morgan fingerprint density at radius 2 is 1.28 bits per heavy atom. The molecule has 7 nitrogen and oxygen atoms in total. The molecule has 4 saturated carbocycles. The molecule has 0 heterocycles. The van der Waals surface area contributed by atoms with E-state index >= 15 is 4.57 Å². The van der Waals surface area contributed by atoms with Crippen LogP contribution in [0.2, 0.25) is 0 Å². The zero-order valence-corrected chi connectivity index (χ0v) is 31.2. The maximum Gasteiger partial charge on any atom is 0.407 e. The molecule has 0 aromatic heterocycles. The molecule has 4 aromatic rings. The first-order valence-electron chi connectivity index (χ1n) is 19.5. The van der Waals surface area contributed by atoms with Crippen molar-refractivity contribution in [1.82, 2.24) is 5.32 Å². The Balaban J connectivity index is 1.07. The minimum absolute atomic E-state index is 0.120. The number of hydrogen-bond donors (Lipinski definition) is 2. The van der Waals surface area contributed by atoms with E-state index in [1.807, 2.05) is 84.9 Å². The second kappa shape index (κ2) is 15.3. The summed E-state index contributed by atoms with van der Waals surface area (Å²) in [4.78, 5) is 26.9. The molecular weight excluding hydrogens is 681 g/mol. The monoisotopic (exact) mass is 731 g/mol. The van der Waals surface area contributed by atoms with E-state index in [4.69, 9.17) is 9.26 Å². The quantitative estimate of drug-likeness (QED) is 0.118. The van der Waals surface area contributed by atoms with Crippen molar-refractivity contribution < 1.29 is 28.5 Å². The molecule has 0 saturated heterocycles. The van der Waals surface area contributed by atoms with Crippen LogP contribution >= 0.6 is 7.37 Å². The third kappa shape index (κ3) is 7.88. The van der Waals surface area contributed by atoms with Crippen molar-refractivity contribution in [2.75, 3.05) is 12.8 Å². The van der Waals surface area contributed by atoms with Crippen molar-refractivity contribution in [2.24, 2.45) is 23.7 Å². The van der Waals surface area contributed by atoms with Crippen LogP contribution in [0.15, 0.2) is 109 Å². The zero-order chi connectivity index (χ0) is 36.4. The van der Waals surface area contributed by atoms with Gasteiger partial charge in [0, 0.05) is 18.5 Å². The Bertz CT molecular complexity index is 1880. The van der Waals surface area contributed by atoms with Gasteiger partial charge in [-0.05, 0) is 109 Å². The molecule has 0 radical (unpaired) electrons. The van der Waals surface area contributed by atoms with Crippen molar-refractivity contribution in [2.45, 2.75) is 81.5 Å². The number of rotatable bonds is 15. The van der Waals surface area contributed by atoms with Gasteiger partial charge in [-0.3, -0.25) is 9.36 Å². The van der Waals surface area contributed by atoms with Crippen molar-refractivity contribution in [1.29, 1.82) is 0 Å². The van der Waals surface area contributed by atoms with E-state index in [0.29, 0.717) is 30.6 Å². The standard InChI is InChI=1S/C45H50NO6P/c47-43(48)36(17-11-16-31-12-3-1-4-13-31)30-53(50,52-45-26-33-22-34(27-45)24-35(23-33)28-45)42(25-32-14-5-2-6-15-32)46-44(49)51-29-41-39-20-9-7-18-37(39)38-19-8-10-21-40(38)41/h1-10,12-15,18-21,33-36,41-42H,11,16-17,22-30H2,(H,46,49)(H,47,48). The number of amides is 1. The average Bonchev–Trinajstić information content (AvgIpc) is 3.47. The predicted octanol–water partition coefficient (Wildman–Crippen LogP) is 10.1. The second-order valence-corrected chi connectivity index (χ2v) is 18.8. The van der Waals surface area contributed by atoms with E-state index in [2.05, 4.69) is 29.6 Å². The van der Waals surface area contributed by atoms with Crippen LogP contribution in [0.3, 0.4) is 0 Å². The summed E-state index contributed by atoms with van der Waals surface area (Å²) in [6.45, 7) is 0.120. The summed E-state index contributed by atoms with van der Waals surface area (Å²) in [5, 5.41) is 13.6. The number of carboxylic acid groups (broad SMARTS) is 1. The summed E-state index contributed by atoms with van der Waals surface area (Å²) < 4.78 is 29.0. The Hall–Kier alpha value is -4.19. The SMILES string of the molecule is O=C(NC(Cc1ccccc1)P(=O)(CC(CCCc1ccccc1)C(=O)O)OC12CC3CC(CC(C3)C1)C2)OCC1c2ccccc2-c2ccccc21. The number of nitrogens with one attached hydrogen (secondary N) is 1. The maximum atomic E-state index is 15.9. The van der Waals surface area contributed by atoms with Crippen LogP contribution in [-0.2, 0) is 31.5 Å². The molecule has 4 fully saturated rings. The third-order valence-electron chi connectivity index (χ3n) is 12.4. The Kier molecular flexibility index (Phi) is 10.3. The number of hydrogen-bond acceptors (Lipinski definition) is 5.